The minimum atomic E-state index is -0.0768. The van der Waals surface area contributed by atoms with E-state index in [9.17, 15) is 4.79 Å². The Labute approximate surface area is 117 Å². The summed E-state index contributed by atoms with van der Waals surface area (Å²) in [7, 11) is 2.07. The van der Waals surface area contributed by atoms with Gasteiger partial charge in [0.2, 0.25) is 5.13 Å². The van der Waals surface area contributed by atoms with Crippen LogP contribution in [0.2, 0.25) is 0 Å². The molecule has 1 N–H and O–H groups in total. The predicted molar refractivity (Wildman–Crippen MR) is 76.7 cm³/mol. The number of likely N-dealkylation sites (N-methyl/N-ethyl adjacent to an activating group) is 1. The van der Waals surface area contributed by atoms with Crippen LogP contribution in [0.3, 0.4) is 0 Å². The van der Waals surface area contributed by atoms with E-state index in [0.29, 0.717) is 11.0 Å². The number of nitrogens with one attached hydrogen (secondary N) is 1. The molecule has 6 nitrogen and oxygen atoms in total. The summed E-state index contributed by atoms with van der Waals surface area (Å²) >= 11 is 1.44. The number of rotatable bonds is 2. The first kappa shape index (κ1) is 14.2. The van der Waals surface area contributed by atoms with Crippen molar-refractivity contribution in [3.05, 3.63) is 5.01 Å². The number of aromatic nitrogens is 2. The minimum Gasteiger partial charge on any atom is -0.319 e. The number of urea groups is 1. The van der Waals surface area contributed by atoms with Crippen LogP contribution in [0.4, 0.5) is 9.93 Å². The molecule has 19 heavy (non-hydrogen) atoms. The highest BCUT2D eigenvalue weighted by atomic mass is 32.1. The van der Waals surface area contributed by atoms with Gasteiger partial charge >= 0.3 is 6.03 Å². The number of anilines is 1. The lowest BCUT2D eigenvalue weighted by atomic mass is 10.2. The Balaban J connectivity index is 1.96. The molecule has 1 aliphatic heterocycles. The molecular weight excluding hydrogens is 262 g/mol. The van der Waals surface area contributed by atoms with Crippen molar-refractivity contribution in [2.24, 2.45) is 0 Å². The van der Waals surface area contributed by atoms with Crippen molar-refractivity contribution in [2.75, 3.05) is 32.0 Å². The topological polar surface area (TPSA) is 61.4 Å². The van der Waals surface area contributed by atoms with E-state index in [-0.39, 0.29) is 12.1 Å². The van der Waals surface area contributed by atoms with Gasteiger partial charge in [-0.15, -0.1) is 10.2 Å². The molecular formula is C12H21N5OS. The molecule has 0 spiro atoms. The second kappa shape index (κ2) is 5.83. The molecule has 1 saturated heterocycles. The van der Waals surface area contributed by atoms with Crippen molar-refractivity contribution >= 4 is 22.5 Å². The molecule has 1 aromatic heterocycles. The maximum atomic E-state index is 12.2. The van der Waals surface area contributed by atoms with Gasteiger partial charge in [-0.3, -0.25) is 5.32 Å². The molecule has 106 valence electrons. The quantitative estimate of drug-likeness (QED) is 0.899. The Hall–Kier alpha value is -1.21. The van der Waals surface area contributed by atoms with Crippen molar-refractivity contribution in [2.45, 2.75) is 32.7 Å². The van der Waals surface area contributed by atoms with Gasteiger partial charge in [-0.2, -0.15) is 0 Å². The zero-order valence-electron chi connectivity index (χ0n) is 11.9. The van der Waals surface area contributed by atoms with E-state index in [1.54, 1.807) is 0 Å². The van der Waals surface area contributed by atoms with Gasteiger partial charge in [0.15, 0.2) is 0 Å². The van der Waals surface area contributed by atoms with Gasteiger partial charge in [0, 0.05) is 31.6 Å². The van der Waals surface area contributed by atoms with Crippen molar-refractivity contribution < 1.29 is 4.79 Å². The highest BCUT2D eigenvalue weighted by molar-refractivity contribution is 7.15. The van der Waals surface area contributed by atoms with Crippen LogP contribution in [-0.2, 0) is 0 Å². The number of nitrogens with zero attached hydrogens (tertiary/aromatic N) is 4. The smallest absolute Gasteiger partial charge is 0.319 e. The highest BCUT2D eigenvalue weighted by Gasteiger charge is 2.26. The first-order chi connectivity index (χ1) is 8.97. The molecule has 0 aliphatic carbocycles. The van der Waals surface area contributed by atoms with Gasteiger partial charge < -0.3 is 9.80 Å². The lowest BCUT2D eigenvalue weighted by Crippen LogP contribution is -2.53. The molecule has 1 aliphatic rings. The summed E-state index contributed by atoms with van der Waals surface area (Å²) in [6.07, 6.45) is 0. The average molecular weight is 283 g/mol. The summed E-state index contributed by atoms with van der Waals surface area (Å²) < 4.78 is 0. The SMILES string of the molecule is CC(C)c1nnc(NC(=O)N2CCN(C)C[C@@H]2C)s1. The van der Waals surface area contributed by atoms with Gasteiger partial charge in [-0.05, 0) is 14.0 Å². The zero-order chi connectivity index (χ0) is 14.0. The van der Waals surface area contributed by atoms with Gasteiger partial charge in [-0.1, -0.05) is 25.2 Å². The fourth-order valence-electron chi connectivity index (χ4n) is 2.12. The van der Waals surface area contributed by atoms with Crippen molar-refractivity contribution in [1.29, 1.82) is 0 Å². The molecule has 2 rings (SSSR count). The largest absolute Gasteiger partial charge is 0.324 e. The van der Waals surface area contributed by atoms with Crippen LogP contribution >= 0.6 is 11.3 Å². The fourth-order valence-corrected chi connectivity index (χ4v) is 2.86. The van der Waals surface area contributed by atoms with Crippen LogP contribution < -0.4 is 5.32 Å². The second-order valence-corrected chi connectivity index (χ2v) is 6.34. The summed E-state index contributed by atoms with van der Waals surface area (Å²) in [6, 6.07) is 0.142. The van der Waals surface area contributed by atoms with Crippen LogP contribution in [0.5, 0.6) is 0 Å². The normalized spacial score (nSPS) is 20.9. The second-order valence-electron chi connectivity index (χ2n) is 5.33. The maximum Gasteiger partial charge on any atom is 0.324 e. The monoisotopic (exact) mass is 283 g/mol. The summed E-state index contributed by atoms with van der Waals surface area (Å²) in [5.41, 5.74) is 0. The van der Waals surface area contributed by atoms with Gasteiger partial charge in [0.05, 0.1) is 0 Å². The van der Waals surface area contributed by atoms with E-state index >= 15 is 0 Å². The number of amides is 2. The Bertz CT molecular complexity index is 447. The molecule has 2 heterocycles. The molecule has 0 aromatic carbocycles. The third-order valence-corrected chi connectivity index (χ3v) is 4.38. The summed E-state index contributed by atoms with van der Waals surface area (Å²) in [6.45, 7) is 8.75. The standard InChI is InChI=1S/C12H21N5OS/c1-8(2)10-14-15-11(19-10)13-12(18)17-6-5-16(4)7-9(17)3/h8-9H,5-7H2,1-4H3,(H,13,15,18)/t9-/m0/s1. The number of carbonyl (C=O) groups is 1. The van der Waals surface area contributed by atoms with E-state index in [1.807, 2.05) is 4.90 Å². The average Bonchev–Trinajstić information content (AvgIpc) is 2.77. The third-order valence-electron chi connectivity index (χ3n) is 3.24. The summed E-state index contributed by atoms with van der Waals surface area (Å²) in [5.74, 6) is 0.339. The Kier molecular flexibility index (Phi) is 4.36. The van der Waals surface area contributed by atoms with Gasteiger partial charge in [0.1, 0.15) is 5.01 Å². The van der Waals surface area contributed by atoms with Crippen LogP contribution in [-0.4, -0.2) is 58.8 Å². The highest BCUT2D eigenvalue weighted by Crippen LogP contribution is 2.23. The molecule has 0 saturated carbocycles. The zero-order valence-corrected chi connectivity index (χ0v) is 12.7. The Morgan fingerprint density at radius 3 is 2.74 bits per heavy atom. The van der Waals surface area contributed by atoms with Crippen molar-refractivity contribution in [1.82, 2.24) is 20.0 Å². The number of carbonyl (C=O) groups excluding carboxylic acids is 1. The van der Waals surface area contributed by atoms with Gasteiger partial charge in [0.25, 0.3) is 0 Å². The number of hydrogen-bond acceptors (Lipinski definition) is 5. The predicted octanol–water partition coefficient (Wildman–Crippen LogP) is 1.83. The minimum absolute atomic E-state index is 0.0768. The van der Waals surface area contributed by atoms with Crippen molar-refractivity contribution in [3.63, 3.8) is 0 Å². The summed E-state index contributed by atoms with van der Waals surface area (Å²) in [5, 5.41) is 12.5. The van der Waals surface area contributed by atoms with Gasteiger partial charge in [-0.25, -0.2) is 4.79 Å². The first-order valence-electron chi connectivity index (χ1n) is 6.57. The first-order valence-corrected chi connectivity index (χ1v) is 7.38. The molecule has 1 aromatic rings. The van der Waals surface area contributed by atoms with E-state index < -0.39 is 0 Å². The van der Waals surface area contributed by atoms with Crippen LogP contribution in [0.25, 0.3) is 0 Å². The molecule has 1 fully saturated rings. The third kappa shape index (κ3) is 3.42. The molecule has 0 radical (unpaired) electrons. The van der Waals surface area contributed by atoms with Crippen LogP contribution in [0.15, 0.2) is 0 Å². The lowest BCUT2D eigenvalue weighted by Gasteiger charge is -2.37. The molecule has 0 unspecified atom stereocenters. The van der Waals surface area contributed by atoms with E-state index in [4.69, 9.17) is 0 Å². The van der Waals surface area contributed by atoms with Crippen molar-refractivity contribution in [3.8, 4) is 0 Å². The molecule has 7 heteroatoms. The lowest BCUT2D eigenvalue weighted by molar-refractivity contribution is 0.125. The van der Waals surface area contributed by atoms with Crippen LogP contribution in [0.1, 0.15) is 31.7 Å². The fraction of sp³-hybridized carbons (Fsp3) is 0.750. The van der Waals surface area contributed by atoms with E-state index in [1.165, 1.54) is 11.3 Å². The maximum absolute atomic E-state index is 12.2. The Morgan fingerprint density at radius 1 is 1.42 bits per heavy atom. The number of hydrogen-bond donors (Lipinski definition) is 1. The van der Waals surface area contributed by atoms with E-state index in [0.717, 1.165) is 24.6 Å². The number of piperazine rings is 1. The molecule has 0 bridgehead atoms. The Morgan fingerprint density at radius 2 is 2.16 bits per heavy atom. The molecule has 1 atom stereocenters. The van der Waals surface area contributed by atoms with Crippen LogP contribution in [0, 0.1) is 0 Å². The summed E-state index contributed by atoms with van der Waals surface area (Å²) in [4.78, 5) is 16.3. The molecule has 2 amide bonds. The van der Waals surface area contributed by atoms with E-state index in [2.05, 4.69) is 48.2 Å².